The Morgan fingerprint density at radius 2 is 1.76 bits per heavy atom. The lowest BCUT2D eigenvalue weighted by atomic mass is 9.90. The number of nitrogens with one attached hydrogen (secondary N) is 1. The van der Waals surface area contributed by atoms with Gasteiger partial charge in [-0.2, -0.15) is 0 Å². The normalized spacial score (nSPS) is 23.6. The van der Waals surface area contributed by atoms with Gasteiger partial charge in [-0.15, -0.1) is 0 Å². The van der Waals surface area contributed by atoms with Gasteiger partial charge in [-0.25, -0.2) is 0 Å². The Labute approximate surface area is 106 Å². The van der Waals surface area contributed by atoms with E-state index in [0.29, 0.717) is 6.04 Å². The Morgan fingerprint density at radius 1 is 1.00 bits per heavy atom. The first-order valence-electron chi connectivity index (χ1n) is 7.44. The maximum Gasteiger partial charge on any atom is 0.0314 e. The van der Waals surface area contributed by atoms with Gasteiger partial charge in [0.15, 0.2) is 0 Å². The largest absolute Gasteiger partial charge is 0.313 e. The van der Waals surface area contributed by atoms with E-state index in [2.05, 4.69) is 24.5 Å². The van der Waals surface area contributed by atoms with Crippen molar-refractivity contribution < 1.29 is 0 Å². The first kappa shape index (κ1) is 12.9. The van der Waals surface area contributed by atoms with Crippen molar-refractivity contribution in [3.8, 4) is 0 Å². The van der Waals surface area contributed by atoms with E-state index in [1.807, 2.05) is 0 Å². The van der Waals surface area contributed by atoms with E-state index in [9.17, 15) is 0 Å². The minimum absolute atomic E-state index is 0.609. The molecule has 0 bridgehead atoms. The van der Waals surface area contributed by atoms with Crippen LogP contribution < -0.4 is 5.32 Å². The van der Waals surface area contributed by atoms with Crippen LogP contribution >= 0.6 is 0 Å². The van der Waals surface area contributed by atoms with E-state index in [1.54, 1.807) is 11.1 Å². The van der Waals surface area contributed by atoms with Crippen LogP contribution in [-0.2, 0) is 0 Å². The van der Waals surface area contributed by atoms with Crippen LogP contribution in [0.5, 0.6) is 0 Å². The molecule has 17 heavy (non-hydrogen) atoms. The SMILES string of the molecule is CNC(CC1=CCCCC1)C1=CCCCCC1. The van der Waals surface area contributed by atoms with Gasteiger partial charge in [0.1, 0.15) is 0 Å². The van der Waals surface area contributed by atoms with Crippen molar-refractivity contribution in [1.82, 2.24) is 5.32 Å². The average Bonchev–Trinajstić information content (AvgIpc) is 2.66. The van der Waals surface area contributed by atoms with Crippen LogP contribution in [0.3, 0.4) is 0 Å². The minimum atomic E-state index is 0.609. The van der Waals surface area contributed by atoms with Crippen molar-refractivity contribution in [2.24, 2.45) is 0 Å². The van der Waals surface area contributed by atoms with E-state index in [-0.39, 0.29) is 0 Å². The molecule has 1 heteroatoms. The van der Waals surface area contributed by atoms with E-state index < -0.39 is 0 Å². The van der Waals surface area contributed by atoms with Crippen molar-refractivity contribution in [1.29, 1.82) is 0 Å². The molecule has 0 fully saturated rings. The van der Waals surface area contributed by atoms with Crippen LogP contribution in [-0.4, -0.2) is 13.1 Å². The zero-order valence-electron chi connectivity index (χ0n) is 11.3. The predicted octanol–water partition coefficient (Wildman–Crippen LogP) is 4.36. The van der Waals surface area contributed by atoms with Gasteiger partial charge >= 0.3 is 0 Å². The molecule has 2 aliphatic carbocycles. The van der Waals surface area contributed by atoms with Crippen LogP contribution in [0.1, 0.15) is 64.2 Å². The minimum Gasteiger partial charge on any atom is -0.313 e. The van der Waals surface area contributed by atoms with Crippen molar-refractivity contribution in [2.45, 2.75) is 70.3 Å². The molecule has 0 heterocycles. The number of hydrogen-bond acceptors (Lipinski definition) is 1. The molecular formula is C16H27N. The van der Waals surface area contributed by atoms with E-state index in [1.165, 1.54) is 64.2 Å². The van der Waals surface area contributed by atoms with Crippen molar-refractivity contribution in [3.05, 3.63) is 23.3 Å². The molecular weight excluding hydrogens is 206 g/mol. The molecule has 0 aromatic carbocycles. The van der Waals surface area contributed by atoms with Crippen LogP contribution in [0.25, 0.3) is 0 Å². The van der Waals surface area contributed by atoms with Gasteiger partial charge in [0.2, 0.25) is 0 Å². The molecule has 0 spiro atoms. The fourth-order valence-corrected chi connectivity index (χ4v) is 3.13. The van der Waals surface area contributed by atoms with Gasteiger partial charge in [0.25, 0.3) is 0 Å². The highest BCUT2D eigenvalue weighted by molar-refractivity contribution is 5.18. The number of likely N-dealkylation sites (N-methyl/N-ethyl adjacent to an activating group) is 1. The summed E-state index contributed by atoms with van der Waals surface area (Å²) in [6.45, 7) is 0. The molecule has 1 nitrogen and oxygen atoms in total. The third-order valence-electron chi connectivity index (χ3n) is 4.22. The predicted molar refractivity (Wildman–Crippen MR) is 75.2 cm³/mol. The van der Waals surface area contributed by atoms with E-state index in [0.717, 1.165) is 0 Å². The molecule has 1 atom stereocenters. The maximum atomic E-state index is 3.54. The summed E-state index contributed by atoms with van der Waals surface area (Å²) in [5.74, 6) is 0. The maximum absolute atomic E-state index is 3.54. The summed E-state index contributed by atoms with van der Waals surface area (Å²) in [5, 5.41) is 3.54. The summed E-state index contributed by atoms with van der Waals surface area (Å²) >= 11 is 0. The number of rotatable bonds is 4. The first-order chi connectivity index (χ1) is 8.40. The highest BCUT2D eigenvalue weighted by Crippen LogP contribution is 2.27. The van der Waals surface area contributed by atoms with Crippen LogP contribution in [0.2, 0.25) is 0 Å². The van der Waals surface area contributed by atoms with Crippen molar-refractivity contribution in [3.63, 3.8) is 0 Å². The van der Waals surface area contributed by atoms with E-state index in [4.69, 9.17) is 0 Å². The fourth-order valence-electron chi connectivity index (χ4n) is 3.13. The summed E-state index contributed by atoms with van der Waals surface area (Å²) in [5.41, 5.74) is 3.37. The summed E-state index contributed by atoms with van der Waals surface area (Å²) in [7, 11) is 2.12. The third kappa shape index (κ3) is 3.99. The van der Waals surface area contributed by atoms with Gasteiger partial charge < -0.3 is 5.32 Å². The fraction of sp³-hybridized carbons (Fsp3) is 0.750. The van der Waals surface area contributed by atoms with Crippen molar-refractivity contribution in [2.75, 3.05) is 7.05 Å². The molecule has 2 aliphatic rings. The van der Waals surface area contributed by atoms with Gasteiger partial charge in [-0.05, 0) is 64.8 Å². The zero-order chi connectivity index (χ0) is 11.9. The van der Waals surface area contributed by atoms with Gasteiger partial charge in [0, 0.05) is 6.04 Å². The molecule has 1 N–H and O–H groups in total. The molecule has 0 radical (unpaired) electrons. The lowest BCUT2D eigenvalue weighted by molar-refractivity contribution is 0.568. The summed E-state index contributed by atoms with van der Waals surface area (Å²) < 4.78 is 0. The topological polar surface area (TPSA) is 12.0 Å². The Kier molecular flexibility index (Phi) is 5.31. The molecule has 0 aromatic heterocycles. The smallest absolute Gasteiger partial charge is 0.0314 e. The Morgan fingerprint density at radius 3 is 2.53 bits per heavy atom. The molecule has 0 saturated carbocycles. The highest BCUT2D eigenvalue weighted by atomic mass is 14.9. The molecule has 1 unspecified atom stereocenters. The second-order valence-corrected chi connectivity index (χ2v) is 5.53. The van der Waals surface area contributed by atoms with Crippen molar-refractivity contribution >= 4 is 0 Å². The third-order valence-corrected chi connectivity index (χ3v) is 4.22. The first-order valence-corrected chi connectivity index (χ1v) is 7.44. The molecule has 0 amide bonds. The molecule has 0 saturated heterocycles. The molecule has 0 aliphatic heterocycles. The molecule has 96 valence electrons. The molecule has 0 aromatic rings. The average molecular weight is 233 g/mol. The highest BCUT2D eigenvalue weighted by Gasteiger charge is 2.16. The van der Waals surface area contributed by atoms with E-state index >= 15 is 0 Å². The number of allylic oxidation sites excluding steroid dienone is 2. The number of hydrogen-bond donors (Lipinski definition) is 1. The second-order valence-electron chi connectivity index (χ2n) is 5.53. The Hall–Kier alpha value is -0.560. The van der Waals surface area contributed by atoms with Crippen LogP contribution in [0.15, 0.2) is 23.3 Å². The van der Waals surface area contributed by atoms with Crippen LogP contribution in [0, 0.1) is 0 Å². The Balaban J connectivity index is 1.94. The van der Waals surface area contributed by atoms with Gasteiger partial charge in [0.05, 0.1) is 0 Å². The quantitative estimate of drug-likeness (QED) is 0.712. The standard InChI is InChI=1S/C16H27N/c1-17-16(13-14-9-5-4-6-10-14)15-11-7-2-3-8-12-15/h9,11,16-17H,2-8,10,12-13H2,1H3. The summed E-state index contributed by atoms with van der Waals surface area (Å²) in [6, 6.07) is 0.609. The second kappa shape index (κ2) is 7.00. The molecule has 2 rings (SSSR count). The Bertz CT molecular complexity index is 288. The zero-order valence-corrected chi connectivity index (χ0v) is 11.3. The summed E-state index contributed by atoms with van der Waals surface area (Å²) in [4.78, 5) is 0. The summed E-state index contributed by atoms with van der Waals surface area (Å²) in [6.07, 6.45) is 18.5. The lowest BCUT2D eigenvalue weighted by Gasteiger charge is -2.23. The monoisotopic (exact) mass is 233 g/mol. The van der Waals surface area contributed by atoms with Gasteiger partial charge in [-0.3, -0.25) is 0 Å². The van der Waals surface area contributed by atoms with Gasteiger partial charge in [-0.1, -0.05) is 29.7 Å². The van der Waals surface area contributed by atoms with Crippen LogP contribution in [0.4, 0.5) is 0 Å². The lowest BCUT2D eigenvalue weighted by Crippen LogP contribution is -2.28.